The van der Waals surface area contributed by atoms with Gasteiger partial charge in [0.1, 0.15) is 5.71 Å². The summed E-state index contributed by atoms with van der Waals surface area (Å²) in [4.78, 5) is 14.0. The Labute approximate surface area is 142 Å². The Morgan fingerprint density at radius 2 is 2.05 bits per heavy atom. The third-order valence-electron chi connectivity index (χ3n) is 2.96. The molecule has 0 aliphatic carbocycles. The van der Waals surface area contributed by atoms with Crippen LogP contribution in [0.3, 0.4) is 0 Å². The van der Waals surface area contributed by atoms with Crippen LogP contribution in [-0.2, 0) is 16.0 Å². The molecule has 1 N–H and O–H groups in total. The van der Waals surface area contributed by atoms with Crippen molar-refractivity contribution in [2.45, 2.75) is 11.8 Å². The first kappa shape index (κ1) is 17.1. The van der Waals surface area contributed by atoms with Gasteiger partial charge in [-0.2, -0.15) is 5.10 Å². The maximum atomic E-state index is 12.5. The van der Waals surface area contributed by atoms with Gasteiger partial charge in [-0.15, -0.1) is 0 Å². The maximum Gasteiger partial charge on any atom is 0.274 e. The first-order valence-electron chi connectivity index (χ1n) is 6.39. The zero-order valence-corrected chi connectivity index (χ0v) is 14.6. The van der Waals surface area contributed by atoms with Crippen molar-refractivity contribution in [3.05, 3.63) is 39.5 Å². The zero-order chi connectivity index (χ0) is 16.4. The number of carbonyl (C=O) groups is 1. The maximum absolute atomic E-state index is 12.5. The lowest BCUT2D eigenvalue weighted by Gasteiger charge is -2.13. The van der Waals surface area contributed by atoms with Gasteiger partial charge in [0, 0.05) is 25.3 Å². The molecule has 1 amide bonds. The summed E-state index contributed by atoms with van der Waals surface area (Å²) < 4.78 is 12.5. The second-order valence-corrected chi connectivity index (χ2v) is 7.26. The highest BCUT2D eigenvalue weighted by molar-refractivity contribution is 7.92. The van der Waals surface area contributed by atoms with Crippen LogP contribution in [0.4, 0.5) is 0 Å². The van der Waals surface area contributed by atoms with Crippen molar-refractivity contribution < 1.29 is 9.35 Å². The smallest absolute Gasteiger partial charge is 0.274 e. The number of carbonyl (C=O) groups excluding carboxylic acids is 1. The molecule has 5 nitrogen and oxygen atoms in total. The molecule has 0 fully saturated rings. The summed E-state index contributed by atoms with van der Waals surface area (Å²) in [6.45, 7) is 1.81. The number of amides is 1. The van der Waals surface area contributed by atoms with Crippen molar-refractivity contribution in [3.8, 4) is 0 Å². The summed E-state index contributed by atoms with van der Waals surface area (Å²) in [6, 6.07) is 3.27. The van der Waals surface area contributed by atoms with E-state index in [4.69, 9.17) is 23.2 Å². The van der Waals surface area contributed by atoms with Crippen LogP contribution in [0.5, 0.6) is 0 Å². The monoisotopic (exact) mass is 359 g/mol. The lowest BCUT2D eigenvalue weighted by atomic mass is 10.2. The summed E-state index contributed by atoms with van der Waals surface area (Å²) in [5, 5.41) is 4.81. The number of nitrogens with zero attached hydrogens (tertiary/aromatic N) is 2. The number of benzene rings is 1. The average molecular weight is 360 g/mol. The van der Waals surface area contributed by atoms with E-state index in [9.17, 15) is 9.35 Å². The Morgan fingerprint density at radius 1 is 1.36 bits per heavy atom. The summed E-state index contributed by atoms with van der Waals surface area (Å²) in [5.74, 6) is -0.210. The van der Waals surface area contributed by atoms with Gasteiger partial charge in [-0.25, -0.2) is 5.43 Å². The number of halogens is 2. The molecule has 0 bridgehead atoms. The van der Waals surface area contributed by atoms with Crippen LogP contribution in [-0.4, -0.2) is 40.9 Å². The minimum absolute atomic E-state index is 0.0964. The molecule has 1 aromatic carbocycles. The van der Waals surface area contributed by atoms with E-state index >= 15 is 0 Å². The van der Waals surface area contributed by atoms with Crippen LogP contribution in [0.1, 0.15) is 5.56 Å². The van der Waals surface area contributed by atoms with E-state index < -0.39 is 11.2 Å². The molecule has 0 spiro atoms. The minimum Gasteiger partial charge on any atom is -0.611 e. The van der Waals surface area contributed by atoms with Gasteiger partial charge in [0.05, 0.1) is 10.6 Å². The predicted octanol–water partition coefficient (Wildman–Crippen LogP) is 2.34. The highest BCUT2D eigenvalue weighted by Gasteiger charge is 2.29. The number of hydrazone groups is 1. The Balaban J connectivity index is 2.24. The third-order valence-corrected chi connectivity index (χ3v) is 5.16. The highest BCUT2D eigenvalue weighted by Crippen LogP contribution is 2.29. The number of rotatable bonds is 4. The van der Waals surface area contributed by atoms with Crippen LogP contribution in [0.15, 0.2) is 33.9 Å². The normalized spacial score (nSPS) is 17.5. The van der Waals surface area contributed by atoms with Crippen molar-refractivity contribution in [1.82, 2.24) is 10.3 Å². The fourth-order valence-electron chi connectivity index (χ4n) is 1.88. The van der Waals surface area contributed by atoms with Gasteiger partial charge >= 0.3 is 0 Å². The van der Waals surface area contributed by atoms with Crippen LogP contribution >= 0.6 is 23.2 Å². The molecule has 1 unspecified atom stereocenters. The molecule has 1 heterocycles. The predicted molar refractivity (Wildman–Crippen MR) is 89.8 cm³/mol. The Morgan fingerprint density at radius 3 is 2.68 bits per heavy atom. The third kappa shape index (κ3) is 3.76. The standard InChI is InChI=1S/C14H15Cl2N3O2S/c1-8-4-13(11(16)5-10(8)15)22(21)7-12-9(6-19(2)3)14(20)18-17-12/h4-6H,7H2,1-3H3,(H,18,20). The molecule has 1 atom stereocenters. The van der Waals surface area contributed by atoms with Gasteiger partial charge in [-0.05, 0) is 35.8 Å². The molecule has 0 radical (unpaired) electrons. The summed E-state index contributed by atoms with van der Waals surface area (Å²) in [7, 11) is 3.60. The SMILES string of the molecule is Cc1cc([S+]([O-])CC2=NNC(=O)C2=CN(C)C)c(Cl)cc1Cl. The average Bonchev–Trinajstić information content (AvgIpc) is 2.75. The quantitative estimate of drug-likeness (QED) is 0.662. The molecule has 1 aliphatic rings. The van der Waals surface area contributed by atoms with Gasteiger partial charge in [0.25, 0.3) is 5.91 Å². The van der Waals surface area contributed by atoms with E-state index in [0.29, 0.717) is 26.2 Å². The van der Waals surface area contributed by atoms with E-state index in [-0.39, 0.29) is 11.7 Å². The second-order valence-electron chi connectivity index (χ2n) is 5.03. The van der Waals surface area contributed by atoms with Crippen molar-refractivity contribution in [1.29, 1.82) is 0 Å². The molecule has 22 heavy (non-hydrogen) atoms. The lowest BCUT2D eigenvalue weighted by molar-refractivity contribution is -0.116. The van der Waals surface area contributed by atoms with Gasteiger partial charge in [-0.1, -0.05) is 23.2 Å². The van der Waals surface area contributed by atoms with E-state index in [0.717, 1.165) is 5.56 Å². The number of aryl methyl sites for hydroxylation is 1. The molecule has 8 heteroatoms. The minimum atomic E-state index is -1.43. The van der Waals surface area contributed by atoms with Crippen molar-refractivity contribution >= 4 is 46.0 Å². The van der Waals surface area contributed by atoms with E-state index in [1.54, 1.807) is 37.3 Å². The first-order valence-corrected chi connectivity index (χ1v) is 8.46. The molecule has 1 aliphatic heterocycles. The van der Waals surface area contributed by atoms with Gasteiger partial charge in [0.2, 0.25) is 0 Å². The molecule has 118 valence electrons. The van der Waals surface area contributed by atoms with Gasteiger partial charge < -0.3 is 9.45 Å². The first-order chi connectivity index (χ1) is 10.3. The number of hydrogen-bond donors (Lipinski definition) is 1. The van der Waals surface area contributed by atoms with Crippen LogP contribution < -0.4 is 5.43 Å². The summed E-state index contributed by atoms with van der Waals surface area (Å²) >= 11 is 10.7. The molecule has 1 aromatic rings. The van der Waals surface area contributed by atoms with E-state index in [1.165, 1.54) is 0 Å². The van der Waals surface area contributed by atoms with Crippen molar-refractivity contribution in [2.75, 3.05) is 19.8 Å². The van der Waals surface area contributed by atoms with Gasteiger partial charge in [-0.3, -0.25) is 4.79 Å². The molecular formula is C14H15Cl2N3O2S. The molecular weight excluding hydrogens is 345 g/mol. The van der Waals surface area contributed by atoms with Crippen LogP contribution in [0.25, 0.3) is 0 Å². The second kappa shape index (κ2) is 6.91. The number of nitrogens with one attached hydrogen (secondary N) is 1. The molecule has 0 aromatic heterocycles. The molecule has 0 saturated heterocycles. The summed E-state index contributed by atoms with van der Waals surface area (Å²) in [6.07, 6.45) is 1.65. The molecule has 0 saturated carbocycles. The van der Waals surface area contributed by atoms with Crippen molar-refractivity contribution in [3.63, 3.8) is 0 Å². The molecule has 2 rings (SSSR count). The Kier molecular flexibility index (Phi) is 5.39. The van der Waals surface area contributed by atoms with E-state index in [2.05, 4.69) is 10.5 Å². The van der Waals surface area contributed by atoms with E-state index in [1.807, 2.05) is 6.92 Å². The number of hydrogen-bond acceptors (Lipinski definition) is 4. The summed E-state index contributed by atoms with van der Waals surface area (Å²) in [5.41, 5.74) is 4.02. The topological polar surface area (TPSA) is 67.8 Å². The van der Waals surface area contributed by atoms with Crippen LogP contribution in [0, 0.1) is 6.92 Å². The lowest BCUT2D eigenvalue weighted by Crippen LogP contribution is -2.21. The van der Waals surface area contributed by atoms with Gasteiger partial charge in [0.15, 0.2) is 10.6 Å². The van der Waals surface area contributed by atoms with Crippen LogP contribution in [0.2, 0.25) is 10.0 Å². The van der Waals surface area contributed by atoms with Crippen molar-refractivity contribution in [2.24, 2.45) is 5.10 Å². The zero-order valence-electron chi connectivity index (χ0n) is 12.3. The fourth-order valence-corrected chi connectivity index (χ4v) is 3.73. The Bertz CT molecular complexity index is 674. The highest BCUT2D eigenvalue weighted by atomic mass is 35.5. The fraction of sp³-hybridized carbons (Fsp3) is 0.286. The largest absolute Gasteiger partial charge is 0.611 e. The Hall–Kier alpha value is -1.21.